The number of unbranched alkanes of at least 4 members (excludes halogenated alkanes) is 1. The Labute approximate surface area is 213 Å². The highest BCUT2D eigenvalue weighted by Gasteiger charge is 2.50. The van der Waals surface area contributed by atoms with E-state index in [0.29, 0.717) is 41.8 Å². The molecule has 4 rings (SSSR count). The summed E-state index contributed by atoms with van der Waals surface area (Å²) < 4.78 is 0. The largest absolute Gasteiger partial charge is 0.393 e. The molecule has 4 aliphatic carbocycles. The average Bonchev–Trinajstić information content (AvgIpc) is 3.52. The van der Waals surface area contributed by atoms with Gasteiger partial charge >= 0.3 is 0 Å². The van der Waals surface area contributed by atoms with E-state index in [0.717, 1.165) is 56.1 Å². The number of hydrogen-bond acceptors (Lipinski definition) is 3. The summed E-state index contributed by atoms with van der Waals surface area (Å²) in [6.07, 6.45) is 21.3. The molecule has 0 aromatic carbocycles. The zero-order valence-electron chi connectivity index (χ0n) is 22.4. The van der Waals surface area contributed by atoms with Crippen molar-refractivity contribution in [3.63, 3.8) is 0 Å². The fourth-order valence-corrected chi connectivity index (χ4v) is 7.60. The molecule has 2 N–H and O–H groups in total. The van der Waals surface area contributed by atoms with Crippen molar-refractivity contribution in [2.24, 2.45) is 28.6 Å². The van der Waals surface area contributed by atoms with Gasteiger partial charge in [-0.05, 0) is 98.5 Å². The zero-order valence-corrected chi connectivity index (χ0v) is 22.4. The number of ketones is 1. The number of aliphatic hydroxyl groups excluding tert-OH is 2. The molecule has 0 saturated heterocycles. The SMILES string of the molecule is C=C1/C(=C\C=C2/CCC[C@]3(C)[C@@H]([C@H](C)/C=C/CC4(C(=O)CCCC)CC4)CC[C@@H]23)C[C@@H](O)C[C@@H]1O. The summed E-state index contributed by atoms with van der Waals surface area (Å²) in [5, 5.41) is 20.3. The monoisotopic (exact) mass is 480 g/mol. The first-order valence-corrected chi connectivity index (χ1v) is 14.3. The van der Waals surface area contributed by atoms with E-state index in [4.69, 9.17) is 0 Å². The molecule has 0 bridgehead atoms. The number of carbonyl (C=O) groups excluding carboxylic acids is 1. The van der Waals surface area contributed by atoms with Crippen LogP contribution in [0.15, 0.2) is 47.6 Å². The lowest BCUT2D eigenvalue weighted by atomic mass is 9.61. The molecule has 0 aromatic rings. The minimum Gasteiger partial charge on any atom is -0.393 e. The van der Waals surface area contributed by atoms with Crippen molar-refractivity contribution >= 4 is 5.78 Å². The van der Waals surface area contributed by atoms with Gasteiger partial charge in [-0.3, -0.25) is 4.79 Å². The first-order valence-electron chi connectivity index (χ1n) is 14.3. The molecule has 4 fully saturated rings. The summed E-state index contributed by atoms with van der Waals surface area (Å²) in [5.74, 6) is 2.33. The number of allylic oxidation sites excluding steroid dienone is 5. The fraction of sp³-hybridized carbons (Fsp3) is 0.719. The lowest BCUT2D eigenvalue weighted by Gasteiger charge is -2.44. The second-order valence-electron chi connectivity index (χ2n) is 12.5. The first-order chi connectivity index (χ1) is 16.7. The van der Waals surface area contributed by atoms with E-state index in [9.17, 15) is 15.0 Å². The van der Waals surface area contributed by atoms with E-state index in [1.165, 1.54) is 25.7 Å². The minimum absolute atomic E-state index is 0.0218. The molecule has 35 heavy (non-hydrogen) atoms. The Bertz CT molecular complexity index is 888. The Morgan fingerprint density at radius 1 is 1.20 bits per heavy atom. The van der Waals surface area contributed by atoms with E-state index in [1.54, 1.807) is 5.57 Å². The predicted molar refractivity (Wildman–Crippen MR) is 144 cm³/mol. The number of fused-ring (bicyclic) bond motifs is 1. The molecule has 3 nitrogen and oxygen atoms in total. The van der Waals surface area contributed by atoms with Crippen LogP contribution >= 0.6 is 0 Å². The second kappa shape index (κ2) is 10.9. The lowest BCUT2D eigenvalue weighted by Crippen LogP contribution is -2.35. The smallest absolute Gasteiger partial charge is 0.139 e. The Balaban J connectivity index is 1.41. The Kier molecular flexibility index (Phi) is 8.28. The third kappa shape index (κ3) is 5.62. The lowest BCUT2D eigenvalue weighted by molar-refractivity contribution is -0.124. The van der Waals surface area contributed by atoms with E-state index >= 15 is 0 Å². The highest BCUT2D eigenvalue weighted by molar-refractivity contribution is 5.87. The van der Waals surface area contributed by atoms with Crippen LogP contribution in [0.25, 0.3) is 0 Å². The van der Waals surface area contributed by atoms with Crippen LogP contribution in [-0.4, -0.2) is 28.2 Å². The van der Waals surface area contributed by atoms with Crippen molar-refractivity contribution in [3.05, 3.63) is 47.6 Å². The number of aliphatic hydroxyl groups is 2. The molecule has 4 saturated carbocycles. The van der Waals surface area contributed by atoms with Crippen molar-refractivity contribution in [2.45, 2.75) is 116 Å². The molecule has 0 radical (unpaired) electrons. The standard InChI is InChI=1S/C32H48O3/c1-5-6-11-30(35)32(18-19-32)17-7-9-22(2)27-14-15-28-24(10-8-16-31(27,28)4)12-13-25-20-26(33)21-29(34)23(25)3/h7,9,12-13,22,26-29,33-34H,3,5-6,8,10-11,14-21H2,1-2,4H3/b9-7+,24-12+,25-13-/t22-,26-,27-,28+,29+,31-/m1/s1. The van der Waals surface area contributed by atoms with Crippen molar-refractivity contribution in [3.8, 4) is 0 Å². The van der Waals surface area contributed by atoms with E-state index < -0.39 is 12.2 Å². The molecule has 194 valence electrons. The van der Waals surface area contributed by atoms with Gasteiger partial charge in [-0.15, -0.1) is 0 Å². The predicted octanol–water partition coefficient (Wildman–Crippen LogP) is 7.25. The van der Waals surface area contributed by atoms with Crippen molar-refractivity contribution in [1.82, 2.24) is 0 Å². The van der Waals surface area contributed by atoms with Gasteiger partial charge in [-0.25, -0.2) is 0 Å². The summed E-state index contributed by atoms with van der Waals surface area (Å²) in [4.78, 5) is 12.6. The van der Waals surface area contributed by atoms with Crippen LogP contribution < -0.4 is 0 Å². The Morgan fingerprint density at radius 2 is 1.97 bits per heavy atom. The van der Waals surface area contributed by atoms with Gasteiger partial charge in [-0.1, -0.05) is 63.6 Å². The summed E-state index contributed by atoms with van der Waals surface area (Å²) in [5.41, 5.74) is 3.63. The number of rotatable bonds is 9. The molecule has 4 aliphatic rings. The third-order valence-electron chi connectivity index (χ3n) is 10.1. The number of hydrogen-bond donors (Lipinski definition) is 2. The summed E-state index contributed by atoms with van der Waals surface area (Å²) in [6, 6.07) is 0. The summed E-state index contributed by atoms with van der Waals surface area (Å²) in [7, 11) is 0. The molecule has 0 spiro atoms. The topological polar surface area (TPSA) is 57.5 Å². The fourth-order valence-electron chi connectivity index (χ4n) is 7.60. The molecule has 0 aromatic heterocycles. The Morgan fingerprint density at radius 3 is 2.69 bits per heavy atom. The zero-order chi connectivity index (χ0) is 25.2. The second-order valence-corrected chi connectivity index (χ2v) is 12.5. The van der Waals surface area contributed by atoms with Gasteiger partial charge in [0.05, 0.1) is 12.2 Å². The van der Waals surface area contributed by atoms with Crippen LogP contribution in [0.4, 0.5) is 0 Å². The maximum atomic E-state index is 12.6. The van der Waals surface area contributed by atoms with Gasteiger partial charge in [0.1, 0.15) is 5.78 Å². The van der Waals surface area contributed by atoms with Gasteiger partial charge in [0.2, 0.25) is 0 Å². The first kappa shape index (κ1) is 26.6. The van der Waals surface area contributed by atoms with Gasteiger partial charge in [0, 0.05) is 18.3 Å². The quantitative estimate of drug-likeness (QED) is 0.342. The van der Waals surface area contributed by atoms with Gasteiger partial charge in [-0.2, -0.15) is 0 Å². The number of carbonyl (C=O) groups is 1. The number of Topliss-reactive ketones (excluding diaryl/α,β-unsaturated/α-hetero) is 1. The van der Waals surface area contributed by atoms with Crippen LogP contribution in [0.2, 0.25) is 0 Å². The van der Waals surface area contributed by atoms with Gasteiger partial charge in [0.25, 0.3) is 0 Å². The molecule has 3 heteroatoms. The molecular weight excluding hydrogens is 432 g/mol. The van der Waals surface area contributed by atoms with E-state index in [-0.39, 0.29) is 5.41 Å². The van der Waals surface area contributed by atoms with Crippen LogP contribution in [0.3, 0.4) is 0 Å². The van der Waals surface area contributed by atoms with Crippen molar-refractivity contribution in [2.75, 3.05) is 0 Å². The molecule has 0 aliphatic heterocycles. The average molecular weight is 481 g/mol. The van der Waals surface area contributed by atoms with Crippen LogP contribution in [0.5, 0.6) is 0 Å². The highest BCUT2D eigenvalue weighted by Crippen LogP contribution is 2.59. The summed E-state index contributed by atoms with van der Waals surface area (Å²) in [6.45, 7) is 11.1. The maximum Gasteiger partial charge on any atom is 0.139 e. The van der Waals surface area contributed by atoms with Crippen molar-refractivity contribution < 1.29 is 15.0 Å². The van der Waals surface area contributed by atoms with Gasteiger partial charge < -0.3 is 10.2 Å². The Hall–Kier alpha value is -1.45. The van der Waals surface area contributed by atoms with E-state index in [1.807, 2.05) is 0 Å². The van der Waals surface area contributed by atoms with Crippen molar-refractivity contribution in [1.29, 1.82) is 0 Å². The highest BCUT2D eigenvalue weighted by atomic mass is 16.3. The molecular formula is C32H48O3. The molecule has 0 heterocycles. The maximum absolute atomic E-state index is 12.6. The third-order valence-corrected chi connectivity index (χ3v) is 10.1. The normalized spacial score (nSPS) is 37.7. The van der Waals surface area contributed by atoms with E-state index in [2.05, 4.69) is 51.7 Å². The molecule has 0 amide bonds. The van der Waals surface area contributed by atoms with Crippen LogP contribution in [0, 0.1) is 28.6 Å². The summed E-state index contributed by atoms with van der Waals surface area (Å²) >= 11 is 0. The van der Waals surface area contributed by atoms with Crippen LogP contribution in [0.1, 0.15) is 104 Å². The minimum atomic E-state index is -0.625. The van der Waals surface area contributed by atoms with Gasteiger partial charge in [0.15, 0.2) is 0 Å². The molecule has 6 atom stereocenters. The van der Waals surface area contributed by atoms with Crippen LogP contribution in [-0.2, 0) is 4.79 Å². The molecule has 0 unspecified atom stereocenters.